The van der Waals surface area contributed by atoms with E-state index in [2.05, 4.69) is 118 Å². The number of allylic oxidation sites excluding steroid dienone is 16. The highest BCUT2D eigenvalue weighted by Gasteiger charge is 2.19. The number of unbranched alkanes of at least 4 members (excludes halogenated alkanes) is 23. The maximum atomic E-state index is 12.8. The maximum absolute atomic E-state index is 12.8. The Morgan fingerprint density at radius 1 is 0.309 bits per heavy atom. The third-order valence-electron chi connectivity index (χ3n) is 11.8. The van der Waals surface area contributed by atoms with Crippen LogP contribution >= 0.6 is 0 Å². The molecule has 0 bridgehead atoms. The average Bonchev–Trinajstić information content (AvgIpc) is 3.34. The van der Waals surface area contributed by atoms with Crippen LogP contribution in [0.2, 0.25) is 0 Å². The fourth-order valence-electron chi connectivity index (χ4n) is 7.67. The Morgan fingerprint density at radius 3 is 0.941 bits per heavy atom. The molecule has 0 saturated heterocycles. The van der Waals surface area contributed by atoms with Crippen LogP contribution in [-0.2, 0) is 28.6 Å². The molecule has 0 aliphatic carbocycles. The van der Waals surface area contributed by atoms with Crippen LogP contribution in [0.25, 0.3) is 0 Å². The molecule has 0 aromatic carbocycles. The first kappa shape index (κ1) is 64.3. The fraction of sp³-hybridized carbons (Fsp3) is 0.694. The van der Waals surface area contributed by atoms with Gasteiger partial charge >= 0.3 is 17.9 Å². The highest BCUT2D eigenvalue weighted by molar-refractivity contribution is 5.71. The molecule has 0 aromatic rings. The molecule has 0 radical (unpaired) electrons. The highest BCUT2D eigenvalue weighted by Crippen LogP contribution is 2.16. The molecule has 0 aliphatic rings. The van der Waals surface area contributed by atoms with Crippen molar-refractivity contribution in [3.8, 4) is 0 Å². The molecule has 0 saturated carbocycles. The van der Waals surface area contributed by atoms with Gasteiger partial charge in [0.1, 0.15) is 13.2 Å². The first-order chi connectivity index (χ1) is 33.5. The Hall–Kier alpha value is -3.67. The number of esters is 3. The molecule has 0 amide bonds. The second-order valence-electron chi connectivity index (χ2n) is 18.4. The van der Waals surface area contributed by atoms with E-state index in [1.807, 2.05) is 0 Å². The molecule has 6 heteroatoms. The van der Waals surface area contributed by atoms with Gasteiger partial charge in [-0.05, 0) is 89.9 Å². The average molecular weight is 946 g/mol. The summed E-state index contributed by atoms with van der Waals surface area (Å²) in [5.41, 5.74) is 0. The third-order valence-corrected chi connectivity index (χ3v) is 11.8. The van der Waals surface area contributed by atoms with Gasteiger partial charge in [0.2, 0.25) is 0 Å². The number of hydrogen-bond donors (Lipinski definition) is 0. The topological polar surface area (TPSA) is 78.9 Å². The molecule has 1 atom stereocenters. The van der Waals surface area contributed by atoms with Crippen molar-refractivity contribution in [1.82, 2.24) is 0 Å². The van der Waals surface area contributed by atoms with Crippen molar-refractivity contribution in [3.63, 3.8) is 0 Å². The summed E-state index contributed by atoms with van der Waals surface area (Å²) < 4.78 is 16.8. The Morgan fingerprint density at radius 2 is 0.588 bits per heavy atom. The van der Waals surface area contributed by atoms with Gasteiger partial charge in [-0.25, -0.2) is 0 Å². The van der Waals surface area contributed by atoms with E-state index < -0.39 is 6.10 Å². The monoisotopic (exact) mass is 945 g/mol. The van der Waals surface area contributed by atoms with E-state index in [9.17, 15) is 14.4 Å². The summed E-state index contributed by atoms with van der Waals surface area (Å²) in [6.07, 6.45) is 74.1. The van der Waals surface area contributed by atoms with Gasteiger partial charge in [0.05, 0.1) is 0 Å². The van der Waals surface area contributed by atoms with E-state index in [1.54, 1.807) is 0 Å². The summed E-state index contributed by atoms with van der Waals surface area (Å²) >= 11 is 0. The van der Waals surface area contributed by atoms with Crippen molar-refractivity contribution in [2.75, 3.05) is 13.2 Å². The van der Waals surface area contributed by atoms with Crippen molar-refractivity contribution in [1.29, 1.82) is 0 Å². The lowest BCUT2D eigenvalue weighted by atomic mass is 10.0. The van der Waals surface area contributed by atoms with Crippen LogP contribution in [0.3, 0.4) is 0 Å². The zero-order valence-electron chi connectivity index (χ0n) is 44.3. The second kappa shape index (κ2) is 55.9. The largest absolute Gasteiger partial charge is 0.462 e. The van der Waals surface area contributed by atoms with E-state index in [-0.39, 0.29) is 37.5 Å². The molecule has 0 rings (SSSR count). The zero-order chi connectivity index (χ0) is 49.3. The zero-order valence-corrected chi connectivity index (χ0v) is 44.3. The van der Waals surface area contributed by atoms with Crippen molar-refractivity contribution >= 4 is 17.9 Å². The highest BCUT2D eigenvalue weighted by atomic mass is 16.6. The number of carbonyl (C=O) groups is 3. The fourth-order valence-corrected chi connectivity index (χ4v) is 7.67. The van der Waals surface area contributed by atoms with Gasteiger partial charge in [0.15, 0.2) is 6.10 Å². The summed E-state index contributed by atoms with van der Waals surface area (Å²) in [7, 11) is 0. The number of rotatable bonds is 50. The molecule has 0 N–H and O–H groups in total. The molecular formula is C62H104O6. The number of ether oxygens (including phenoxy) is 3. The van der Waals surface area contributed by atoms with E-state index in [1.165, 1.54) is 103 Å². The van der Waals surface area contributed by atoms with Crippen LogP contribution < -0.4 is 0 Å². The lowest BCUT2D eigenvalue weighted by Crippen LogP contribution is -2.30. The van der Waals surface area contributed by atoms with Crippen molar-refractivity contribution in [2.24, 2.45) is 0 Å². The van der Waals surface area contributed by atoms with Gasteiger partial charge in [-0.15, -0.1) is 0 Å². The molecule has 0 fully saturated rings. The summed E-state index contributed by atoms with van der Waals surface area (Å²) in [6.45, 7) is 6.36. The quantitative estimate of drug-likeness (QED) is 0.0262. The van der Waals surface area contributed by atoms with Crippen LogP contribution in [0.15, 0.2) is 97.2 Å². The summed E-state index contributed by atoms with van der Waals surface area (Å²) in [5.74, 6) is -0.985. The minimum Gasteiger partial charge on any atom is -0.462 e. The summed E-state index contributed by atoms with van der Waals surface area (Å²) in [6, 6.07) is 0. The molecule has 6 nitrogen and oxygen atoms in total. The normalized spacial score (nSPS) is 12.8. The standard InChI is InChI=1S/C62H104O6/c1-4-7-10-13-16-19-22-25-28-30-31-33-34-37-40-43-46-49-52-55-61(64)67-58-59(57-66-60(63)54-51-48-45-42-39-36-27-24-21-18-15-12-9-6-3)68-62(65)56-53-50-47-44-41-38-35-32-29-26-23-20-17-14-11-8-5-2/h8-9,11-12,17-18,20-21,26-27,29,35-36,38,44,47,59H,4-7,10,13-16,19,22-25,28,30-34,37,39-43,45-46,48-58H2,1-3H3/b11-8-,12-9-,20-17-,21-18-,29-26-,36-27-,38-35-,47-44-. The van der Waals surface area contributed by atoms with Gasteiger partial charge in [-0.1, -0.05) is 246 Å². The Balaban J connectivity index is 4.46. The van der Waals surface area contributed by atoms with Crippen molar-refractivity contribution in [2.45, 2.75) is 264 Å². The minimum absolute atomic E-state index is 0.106. The van der Waals surface area contributed by atoms with Crippen LogP contribution in [0.4, 0.5) is 0 Å². The van der Waals surface area contributed by atoms with E-state index in [4.69, 9.17) is 14.2 Å². The molecule has 68 heavy (non-hydrogen) atoms. The Kier molecular flexibility index (Phi) is 52.9. The Bertz CT molecular complexity index is 1360. The smallest absolute Gasteiger partial charge is 0.306 e. The second-order valence-corrected chi connectivity index (χ2v) is 18.4. The number of hydrogen-bond acceptors (Lipinski definition) is 6. The van der Waals surface area contributed by atoms with Crippen LogP contribution in [-0.4, -0.2) is 37.2 Å². The summed E-state index contributed by atoms with van der Waals surface area (Å²) in [5, 5.41) is 0. The number of carbonyl (C=O) groups excluding carboxylic acids is 3. The van der Waals surface area contributed by atoms with E-state index in [0.717, 1.165) is 109 Å². The molecule has 388 valence electrons. The van der Waals surface area contributed by atoms with Gasteiger partial charge in [0.25, 0.3) is 0 Å². The lowest BCUT2D eigenvalue weighted by Gasteiger charge is -2.18. The molecule has 0 aromatic heterocycles. The predicted octanol–water partition coefficient (Wildman–Crippen LogP) is 18.9. The van der Waals surface area contributed by atoms with E-state index >= 15 is 0 Å². The molecule has 0 spiro atoms. The molecule has 0 aliphatic heterocycles. The van der Waals surface area contributed by atoms with Gasteiger partial charge in [-0.2, -0.15) is 0 Å². The predicted molar refractivity (Wildman–Crippen MR) is 293 cm³/mol. The summed E-state index contributed by atoms with van der Waals surface area (Å²) in [4.78, 5) is 38.1. The first-order valence-corrected chi connectivity index (χ1v) is 28.2. The van der Waals surface area contributed by atoms with Crippen LogP contribution in [0.1, 0.15) is 258 Å². The molecular weight excluding hydrogens is 841 g/mol. The Labute approximate surface area is 419 Å². The third kappa shape index (κ3) is 53.3. The van der Waals surface area contributed by atoms with Crippen molar-refractivity contribution < 1.29 is 28.6 Å². The van der Waals surface area contributed by atoms with Crippen LogP contribution in [0.5, 0.6) is 0 Å². The van der Waals surface area contributed by atoms with Crippen molar-refractivity contribution in [3.05, 3.63) is 97.2 Å². The van der Waals surface area contributed by atoms with E-state index in [0.29, 0.717) is 19.3 Å². The van der Waals surface area contributed by atoms with Gasteiger partial charge < -0.3 is 14.2 Å². The SMILES string of the molecule is CC/C=C\C/C=C\C/C=C\C/C=C\C/C=C\CCCC(=O)OC(COC(=O)CCCCCC/C=C\C/C=C\C/C=C\CC)COC(=O)CCCCCCCCCCCCCCCCCCCCC. The van der Waals surface area contributed by atoms with Gasteiger partial charge in [0, 0.05) is 19.3 Å². The molecule has 1 unspecified atom stereocenters. The minimum atomic E-state index is -0.816. The maximum Gasteiger partial charge on any atom is 0.306 e. The van der Waals surface area contributed by atoms with Gasteiger partial charge in [-0.3, -0.25) is 14.4 Å². The molecule has 0 heterocycles. The van der Waals surface area contributed by atoms with Crippen LogP contribution in [0, 0.1) is 0 Å². The lowest BCUT2D eigenvalue weighted by molar-refractivity contribution is -0.167. The first-order valence-electron chi connectivity index (χ1n) is 28.2.